The van der Waals surface area contributed by atoms with Crippen molar-refractivity contribution in [2.45, 2.75) is 13.8 Å². The van der Waals surface area contributed by atoms with Crippen LogP contribution in [0.2, 0.25) is 0 Å². The van der Waals surface area contributed by atoms with Gasteiger partial charge in [-0.2, -0.15) is 0 Å². The fourth-order valence-electron chi connectivity index (χ4n) is 2.37. The van der Waals surface area contributed by atoms with E-state index in [4.69, 9.17) is 9.15 Å². The maximum Gasteiger partial charge on any atom is 0.322 e. The Kier molecular flexibility index (Phi) is 4.29. The fourth-order valence-corrected chi connectivity index (χ4v) is 2.37. The van der Waals surface area contributed by atoms with Crippen LogP contribution in [0.5, 0.6) is 5.75 Å². The third-order valence-corrected chi connectivity index (χ3v) is 3.59. The highest BCUT2D eigenvalue weighted by Crippen LogP contribution is 2.24. The van der Waals surface area contributed by atoms with E-state index in [2.05, 4.69) is 15.5 Å². The molecule has 1 N–H and O–H groups in total. The first kappa shape index (κ1) is 15.7. The van der Waals surface area contributed by atoms with Gasteiger partial charge in [0.05, 0.1) is 7.11 Å². The maximum absolute atomic E-state index is 12.2. The van der Waals surface area contributed by atoms with Crippen LogP contribution in [0.4, 0.5) is 6.01 Å². The monoisotopic (exact) mass is 323 g/mol. The van der Waals surface area contributed by atoms with Crippen molar-refractivity contribution >= 4 is 11.9 Å². The van der Waals surface area contributed by atoms with Gasteiger partial charge in [0.1, 0.15) is 5.75 Å². The Morgan fingerprint density at radius 1 is 1.12 bits per heavy atom. The Balaban J connectivity index is 1.79. The first-order valence-electron chi connectivity index (χ1n) is 7.43. The topological polar surface area (TPSA) is 77.2 Å². The molecule has 0 saturated heterocycles. The van der Waals surface area contributed by atoms with E-state index in [-0.39, 0.29) is 11.9 Å². The second-order valence-corrected chi connectivity index (χ2v) is 5.42. The average Bonchev–Trinajstić information content (AvgIpc) is 3.03. The third-order valence-electron chi connectivity index (χ3n) is 3.59. The summed E-state index contributed by atoms with van der Waals surface area (Å²) in [6, 6.07) is 12.8. The van der Waals surface area contributed by atoms with Gasteiger partial charge in [0.25, 0.3) is 5.91 Å². The first-order chi connectivity index (χ1) is 11.6. The van der Waals surface area contributed by atoms with Crippen molar-refractivity contribution in [2.24, 2.45) is 0 Å². The van der Waals surface area contributed by atoms with E-state index in [1.807, 2.05) is 32.0 Å². The lowest BCUT2D eigenvalue weighted by Crippen LogP contribution is -2.12. The zero-order chi connectivity index (χ0) is 17.1. The number of carbonyl (C=O) groups is 1. The third kappa shape index (κ3) is 3.27. The van der Waals surface area contributed by atoms with Gasteiger partial charge in [-0.05, 0) is 43.7 Å². The van der Waals surface area contributed by atoms with Gasteiger partial charge in [-0.3, -0.25) is 10.1 Å². The molecule has 0 aliphatic heterocycles. The summed E-state index contributed by atoms with van der Waals surface area (Å²) in [5.74, 6) is 0.627. The molecule has 24 heavy (non-hydrogen) atoms. The summed E-state index contributed by atoms with van der Waals surface area (Å²) in [6.45, 7) is 3.99. The van der Waals surface area contributed by atoms with Crippen LogP contribution < -0.4 is 10.1 Å². The second kappa shape index (κ2) is 6.54. The summed E-state index contributed by atoms with van der Waals surface area (Å²) in [4.78, 5) is 12.2. The molecule has 0 aliphatic rings. The summed E-state index contributed by atoms with van der Waals surface area (Å²) in [6.07, 6.45) is 0. The Morgan fingerprint density at radius 3 is 2.71 bits per heavy atom. The molecule has 0 fully saturated rings. The Labute approximate surface area is 139 Å². The van der Waals surface area contributed by atoms with Gasteiger partial charge in [0, 0.05) is 11.1 Å². The molecule has 0 radical (unpaired) electrons. The van der Waals surface area contributed by atoms with Gasteiger partial charge in [-0.25, -0.2) is 0 Å². The van der Waals surface area contributed by atoms with E-state index in [9.17, 15) is 4.79 Å². The van der Waals surface area contributed by atoms with E-state index in [1.165, 1.54) is 0 Å². The number of hydrogen-bond donors (Lipinski definition) is 1. The van der Waals surface area contributed by atoms with Crippen molar-refractivity contribution in [3.05, 3.63) is 59.2 Å². The van der Waals surface area contributed by atoms with E-state index in [1.54, 1.807) is 31.4 Å². The molecule has 3 aromatic rings. The van der Waals surface area contributed by atoms with Gasteiger partial charge in [0.2, 0.25) is 5.89 Å². The molecule has 0 bridgehead atoms. The molecule has 3 rings (SSSR count). The van der Waals surface area contributed by atoms with Crippen molar-refractivity contribution in [1.82, 2.24) is 10.2 Å². The molecule has 0 saturated carbocycles. The minimum Gasteiger partial charge on any atom is -0.497 e. The summed E-state index contributed by atoms with van der Waals surface area (Å²) in [7, 11) is 1.55. The summed E-state index contributed by atoms with van der Waals surface area (Å²) >= 11 is 0. The van der Waals surface area contributed by atoms with E-state index < -0.39 is 0 Å². The number of carbonyl (C=O) groups excluding carboxylic acids is 1. The summed E-state index contributed by atoms with van der Waals surface area (Å²) in [5.41, 5.74) is 3.47. The average molecular weight is 323 g/mol. The van der Waals surface area contributed by atoms with Gasteiger partial charge in [0.15, 0.2) is 0 Å². The van der Waals surface area contributed by atoms with Crippen molar-refractivity contribution < 1.29 is 13.9 Å². The number of methoxy groups -OCH3 is 1. The highest BCUT2D eigenvalue weighted by Gasteiger charge is 2.14. The molecule has 0 aliphatic carbocycles. The van der Waals surface area contributed by atoms with Crippen LogP contribution in [0, 0.1) is 13.8 Å². The molecule has 122 valence electrons. The molecule has 6 heteroatoms. The van der Waals surface area contributed by atoms with Crippen LogP contribution in [0.3, 0.4) is 0 Å². The number of benzene rings is 2. The van der Waals surface area contributed by atoms with Gasteiger partial charge >= 0.3 is 6.01 Å². The van der Waals surface area contributed by atoms with Crippen molar-refractivity contribution in [3.8, 4) is 17.2 Å². The number of hydrogen-bond acceptors (Lipinski definition) is 5. The Bertz CT molecular complexity index is 887. The number of rotatable bonds is 4. The fraction of sp³-hybridized carbons (Fsp3) is 0.167. The molecule has 0 unspecified atom stereocenters. The van der Waals surface area contributed by atoms with Crippen LogP contribution in [0.1, 0.15) is 21.5 Å². The lowest BCUT2D eigenvalue weighted by Gasteiger charge is -2.04. The molecule has 0 spiro atoms. The minimum atomic E-state index is -0.343. The number of amides is 1. The molecule has 2 aromatic carbocycles. The molecule has 1 heterocycles. The Hall–Kier alpha value is -3.15. The smallest absolute Gasteiger partial charge is 0.322 e. The number of nitrogens with one attached hydrogen (secondary N) is 1. The normalized spacial score (nSPS) is 10.5. The SMILES string of the molecule is COc1cccc(C(=O)Nc2nnc(-c3ccc(C)cc3C)o2)c1. The lowest BCUT2D eigenvalue weighted by atomic mass is 10.1. The Morgan fingerprint density at radius 2 is 1.96 bits per heavy atom. The maximum atomic E-state index is 12.2. The minimum absolute atomic E-state index is 0.0535. The standard InChI is InChI=1S/C18H17N3O3/c1-11-7-8-15(12(2)9-11)17-20-21-18(24-17)19-16(22)13-5-4-6-14(10-13)23-3/h4-10H,1-3H3,(H,19,21,22). The largest absolute Gasteiger partial charge is 0.497 e. The molecular formula is C18H17N3O3. The van der Waals surface area contributed by atoms with E-state index >= 15 is 0 Å². The molecule has 0 atom stereocenters. The van der Waals surface area contributed by atoms with Crippen LogP contribution in [0.25, 0.3) is 11.5 Å². The van der Waals surface area contributed by atoms with Crippen LogP contribution in [-0.4, -0.2) is 23.2 Å². The first-order valence-corrected chi connectivity index (χ1v) is 7.43. The predicted octanol–water partition coefficient (Wildman–Crippen LogP) is 3.61. The van der Waals surface area contributed by atoms with Crippen molar-refractivity contribution in [2.75, 3.05) is 12.4 Å². The van der Waals surface area contributed by atoms with Gasteiger partial charge in [-0.1, -0.05) is 28.9 Å². The number of ether oxygens (including phenoxy) is 1. The zero-order valence-electron chi connectivity index (χ0n) is 13.7. The van der Waals surface area contributed by atoms with Crippen LogP contribution in [0.15, 0.2) is 46.9 Å². The van der Waals surface area contributed by atoms with Gasteiger partial charge in [-0.15, -0.1) is 5.10 Å². The number of anilines is 1. The van der Waals surface area contributed by atoms with Crippen LogP contribution in [-0.2, 0) is 0 Å². The summed E-state index contributed by atoms with van der Waals surface area (Å²) in [5, 5.41) is 10.5. The molecule has 1 amide bonds. The summed E-state index contributed by atoms with van der Waals surface area (Å²) < 4.78 is 10.7. The highest BCUT2D eigenvalue weighted by atomic mass is 16.5. The number of aryl methyl sites for hydroxylation is 2. The lowest BCUT2D eigenvalue weighted by molar-refractivity contribution is 0.102. The highest BCUT2D eigenvalue weighted by molar-refractivity contribution is 6.03. The zero-order valence-corrected chi connectivity index (χ0v) is 13.7. The molecular weight excluding hydrogens is 306 g/mol. The van der Waals surface area contributed by atoms with E-state index in [0.29, 0.717) is 17.2 Å². The van der Waals surface area contributed by atoms with Gasteiger partial charge < -0.3 is 9.15 Å². The number of aromatic nitrogens is 2. The predicted molar refractivity (Wildman–Crippen MR) is 90.2 cm³/mol. The van der Waals surface area contributed by atoms with E-state index in [0.717, 1.165) is 16.7 Å². The van der Waals surface area contributed by atoms with Crippen molar-refractivity contribution in [3.63, 3.8) is 0 Å². The van der Waals surface area contributed by atoms with Crippen LogP contribution >= 0.6 is 0 Å². The quantitative estimate of drug-likeness (QED) is 0.793. The van der Waals surface area contributed by atoms with Crippen molar-refractivity contribution in [1.29, 1.82) is 0 Å². The second-order valence-electron chi connectivity index (χ2n) is 5.42. The molecule has 1 aromatic heterocycles. The molecule has 6 nitrogen and oxygen atoms in total. The number of nitrogens with zero attached hydrogens (tertiary/aromatic N) is 2.